The molecule has 0 aliphatic rings. The first-order valence-electron chi connectivity index (χ1n) is 5.95. The van der Waals surface area contributed by atoms with Crippen molar-refractivity contribution in [3.63, 3.8) is 0 Å². The molecule has 2 heterocycles. The largest absolute Gasteiger partial charge is 0.382 e. The van der Waals surface area contributed by atoms with Gasteiger partial charge in [0.25, 0.3) is 0 Å². The second-order valence-corrected chi connectivity index (χ2v) is 6.18. The second-order valence-electron chi connectivity index (χ2n) is 4.37. The normalized spacial score (nSPS) is 12.7. The van der Waals surface area contributed by atoms with E-state index in [1.165, 1.54) is 11.5 Å². The van der Waals surface area contributed by atoms with Crippen LogP contribution in [0, 0.1) is 6.92 Å². The Balaban J connectivity index is 2.45. The minimum atomic E-state index is 0.461. The highest BCUT2D eigenvalue weighted by Crippen LogP contribution is 2.39. The van der Waals surface area contributed by atoms with Gasteiger partial charge in [0.2, 0.25) is 0 Å². The molecule has 6 heteroatoms. The zero-order valence-corrected chi connectivity index (χ0v) is 12.7. The van der Waals surface area contributed by atoms with Crippen LogP contribution in [0.25, 0.3) is 11.3 Å². The van der Waals surface area contributed by atoms with Crippen LogP contribution in [-0.4, -0.2) is 22.4 Å². The molecule has 98 valence electrons. The van der Waals surface area contributed by atoms with E-state index in [1.807, 2.05) is 12.3 Å². The lowest BCUT2D eigenvalue weighted by Crippen LogP contribution is -2.27. The summed E-state index contributed by atoms with van der Waals surface area (Å²) >= 11 is 3.09. The van der Waals surface area contributed by atoms with Crippen molar-refractivity contribution in [2.24, 2.45) is 0 Å². The van der Waals surface area contributed by atoms with Gasteiger partial charge in [-0.05, 0) is 31.8 Å². The Hall–Kier alpha value is -1.14. The monoisotopic (exact) mass is 282 g/mol. The first-order chi connectivity index (χ1) is 8.54. The number of hydrogen-bond acceptors (Lipinski definition) is 6. The highest BCUT2D eigenvalue weighted by molar-refractivity contribution is 7.11. The molecule has 0 fully saturated rings. The van der Waals surface area contributed by atoms with Crippen molar-refractivity contribution in [3.05, 3.63) is 10.4 Å². The minimum absolute atomic E-state index is 0.461. The summed E-state index contributed by atoms with van der Waals surface area (Å²) in [6.07, 6.45) is 1.09. The molecule has 0 bridgehead atoms. The van der Waals surface area contributed by atoms with E-state index in [-0.39, 0.29) is 0 Å². The molecule has 0 aromatic carbocycles. The number of aryl methyl sites for hydroxylation is 1. The molecule has 0 aliphatic carbocycles. The Labute approximate surface area is 116 Å². The molecule has 0 saturated carbocycles. The van der Waals surface area contributed by atoms with E-state index in [0.717, 1.165) is 27.7 Å². The first-order valence-corrected chi connectivity index (χ1v) is 7.60. The number of anilines is 2. The number of nitrogens with two attached hydrogens (primary N) is 1. The van der Waals surface area contributed by atoms with E-state index in [0.29, 0.717) is 11.9 Å². The second kappa shape index (κ2) is 5.24. The van der Waals surface area contributed by atoms with Gasteiger partial charge in [-0.25, -0.2) is 4.98 Å². The lowest BCUT2D eigenvalue weighted by atomic mass is 10.2. The topological polar surface area (TPSA) is 55.0 Å². The summed E-state index contributed by atoms with van der Waals surface area (Å²) in [6, 6.07) is 0.461. The molecule has 2 aromatic rings. The van der Waals surface area contributed by atoms with Crippen molar-refractivity contribution < 1.29 is 0 Å². The average Bonchev–Trinajstić information content (AvgIpc) is 2.93. The van der Waals surface area contributed by atoms with Crippen LogP contribution in [0.2, 0.25) is 0 Å². The van der Waals surface area contributed by atoms with E-state index in [4.69, 9.17) is 5.73 Å². The van der Waals surface area contributed by atoms with Crippen LogP contribution < -0.4 is 10.6 Å². The third-order valence-corrected chi connectivity index (χ3v) is 4.87. The van der Waals surface area contributed by atoms with E-state index >= 15 is 0 Å². The van der Waals surface area contributed by atoms with Gasteiger partial charge in [-0.3, -0.25) is 0 Å². The van der Waals surface area contributed by atoms with Crippen molar-refractivity contribution >= 4 is 33.7 Å². The summed E-state index contributed by atoms with van der Waals surface area (Å²) in [7, 11) is 2.09. The van der Waals surface area contributed by atoms with E-state index in [2.05, 4.69) is 35.2 Å². The molecule has 1 atom stereocenters. The molecule has 2 rings (SSSR count). The molecule has 0 saturated heterocycles. The maximum atomic E-state index is 6.00. The number of rotatable bonds is 4. The molecule has 2 N–H and O–H groups in total. The zero-order valence-electron chi connectivity index (χ0n) is 11.1. The maximum absolute atomic E-state index is 6.00. The Morgan fingerprint density at radius 2 is 2.22 bits per heavy atom. The Bertz CT molecular complexity index is 532. The SMILES string of the molecule is CCC(C)N(C)c1snc(N)c1-c1csc(C)n1. The smallest absolute Gasteiger partial charge is 0.148 e. The van der Waals surface area contributed by atoms with Gasteiger partial charge in [0.1, 0.15) is 10.8 Å². The summed E-state index contributed by atoms with van der Waals surface area (Å²) in [5.74, 6) is 0.579. The standard InChI is InChI=1S/C12H18N4S2/c1-5-7(2)16(4)12-10(11(13)15-18-12)9-6-17-8(3)14-9/h6-7H,5H2,1-4H3,(H2,13,15). The van der Waals surface area contributed by atoms with Crippen molar-refractivity contribution in [3.8, 4) is 11.3 Å². The molecule has 4 nitrogen and oxygen atoms in total. The summed E-state index contributed by atoms with van der Waals surface area (Å²) in [5.41, 5.74) is 7.92. The molecule has 0 radical (unpaired) electrons. The maximum Gasteiger partial charge on any atom is 0.148 e. The third-order valence-electron chi connectivity index (χ3n) is 3.15. The lowest BCUT2D eigenvalue weighted by Gasteiger charge is -2.24. The van der Waals surface area contributed by atoms with E-state index in [9.17, 15) is 0 Å². The van der Waals surface area contributed by atoms with Crippen LogP contribution in [-0.2, 0) is 0 Å². The fourth-order valence-electron chi connectivity index (χ4n) is 1.73. The molecule has 0 aliphatic heterocycles. The fraction of sp³-hybridized carbons (Fsp3) is 0.500. The lowest BCUT2D eigenvalue weighted by molar-refractivity contribution is 0.668. The van der Waals surface area contributed by atoms with Gasteiger partial charge in [0, 0.05) is 18.5 Å². The Morgan fingerprint density at radius 3 is 2.78 bits per heavy atom. The molecule has 18 heavy (non-hydrogen) atoms. The van der Waals surface area contributed by atoms with Crippen molar-refractivity contribution in [1.82, 2.24) is 9.36 Å². The summed E-state index contributed by atoms with van der Waals surface area (Å²) < 4.78 is 4.28. The highest BCUT2D eigenvalue weighted by atomic mass is 32.1. The zero-order chi connectivity index (χ0) is 13.3. The van der Waals surface area contributed by atoms with Crippen molar-refractivity contribution in [2.75, 3.05) is 17.7 Å². The van der Waals surface area contributed by atoms with E-state index < -0.39 is 0 Å². The number of nitrogen functional groups attached to an aromatic ring is 1. The van der Waals surface area contributed by atoms with Gasteiger partial charge in [-0.15, -0.1) is 11.3 Å². The van der Waals surface area contributed by atoms with Crippen LogP contribution in [0.5, 0.6) is 0 Å². The minimum Gasteiger partial charge on any atom is -0.382 e. The van der Waals surface area contributed by atoms with Gasteiger partial charge >= 0.3 is 0 Å². The Morgan fingerprint density at radius 1 is 1.50 bits per heavy atom. The molecular formula is C12H18N4S2. The van der Waals surface area contributed by atoms with Crippen LogP contribution in [0.1, 0.15) is 25.3 Å². The van der Waals surface area contributed by atoms with Gasteiger partial charge in [0.15, 0.2) is 0 Å². The van der Waals surface area contributed by atoms with E-state index in [1.54, 1.807) is 11.3 Å². The average molecular weight is 282 g/mol. The molecule has 1 unspecified atom stereocenters. The number of hydrogen-bond donors (Lipinski definition) is 1. The molecule has 0 spiro atoms. The predicted octanol–water partition coefficient (Wildman–Crippen LogP) is 3.39. The number of nitrogens with zero attached hydrogens (tertiary/aromatic N) is 3. The number of aromatic nitrogens is 2. The summed E-state index contributed by atoms with van der Waals surface area (Å²) in [4.78, 5) is 6.75. The van der Waals surface area contributed by atoms with Gasteiger partial charge < -0.3 is 10.6 Å². The quantitative estimate of drug-likeness (QED) is 0.934. The van der Waals surface area contributed by atoms with Crippen molar-refractivity contribution in [2.45, 2.75) is 33.2 Å². The third kappa shape index (κ3) is 2.35. The summed E-state index contributed by atoms with van der Waals surface area (Å²) in [6.45, 7) is 6.38. The fourth-order valence-corrected chi connectivity index (χ4v) is 3.22. The van der Waals surface area contributed by atoms with Gasteiger partial charge in [0.05, 0.1) is 16.3 Å². The highest BCUT2D eigenvalue weighted by Gasteiger charge is 2.21. The predicted molar refractivity (Wildman–Crippen MR) is 80.5 cm³/mol. The van der Waals surface area contributed by atoms with Crippen LogP contribution in [0.3, 0.4) is 0 Å². The summed E-state index contributed by atoms with van der Waals surface area (Å²) in [5, 5.41) is 4.20. The van der Waals surface area contributed by atoms with Crippen molar-refractivity contribution in [1.29, 1.82) is 0 Å². The van der Waals surface area contributed by atoms with Crippen LogP contribution in [0.4, 0.5) is 10.8 Å². The molecular weight excluding hydrogens is 264 g/mol. The molecule has 2 aromatic heterocycles. The first kappa shape index (κ1) is 13.3. The van der Waals surface area contributed by atoms with Gasteiger partial charge in [-0.1, -0.05) is 6.92 Å². The van der Waals surface area contributed by atoms with Crippen LogP contribution >= 0.6 is 22.9 Å². The van der Waals surface area contributed by atoms with Gasteiger partial charge in [-0.2, -0.15) is 4.37 Å². The number of thiazole rings is 1. The van der Waals surface area contributed by atoms with Crippen LogP contribution in [0.15, 0.2) is 5.38 Å². The molecule has 0 amide bonds. The Kier molecular flexibility index (Phi) is 3.87.